The average Bonchev–Trinajstić information content (AvgIpc) is 2.76. The van der Waals surface area contributed by atoms with Gasteiger partial charge in [0.15, 0.2) is 12.3 Å². The van der Waals surface area contributed by atoms with Crippen LogP contribution in [0.5, 0.6) is 0 Å². The number of aliphatic hydroxyl groups excluding tert-OH is 4. The van der Waals surface area contributed by atoms with Crippen LogP contribution in [0.3, 0.4) is 0 Å². The molecule has 1 aliphatic rings. The normalized spacial score (nSPS) is 26.7. The summed E-state index contributed by atoms with van der Waals surface area (Å²) in [4.78, 5) is 24.1. The molecular formula is C18H31NO12. The smallest absolute Gasteiger partial charge is 0.408 e. The first-order chi connectivity index (χ1) is 14.8. The van der Waals surface area contributed by atoms with Gasteiger partial charge in [0.1, 0.15) is 37.6 Å². The van der Waals surface area contributed by atoms with Crippen LogP contribution >= 0.6 is 0 Å². The summed E-state index contributed by atoms with van der Waals surface area (Å²) in [7, 11) is 1.51. The standard InChI is InChI=1S/C18H31NO12/c1-3-4-29-18(25)19-11(16(24)28-8-7-27-6-5-26-2)10-30-17-15(23)14(22)13(21)12(9-20)31-17/h3,11-15,17,20-23H,1,4-10H2,2H3,(H,19,25)/t11-,12+,13+,14-,15+,17+/m0/s1. The lowest BCUT2D eigenvalue weighted by molar-refractivity contribution is -0.301. The number of ether oxygens (including phenoxy) is 6. The number of carbonyl (C=O) groups is 2. The number of alkyl carbamates (subject to hydrolysis) is 1. The van der Waals surface area contributed by atoms with Gasteiger partial charge in [0.05, 0.1) is 33.0 Å². The molecule has 1 rings (SSSR count). The number of aliphatic hydroxyl groups is 4. The summed E-state index contributed by atoms with van der Waals surface area (Å²) in [6.07, 6.45) is -7.19. The first kappa shape index (κ1) is 27.2. The predicted molar refractivity (Wildman–Crippen MR) is 102 cm³/mol. The van der Waals surface area contributed by atoms with E-state index in [2.05, 4.69) is 11.9 Å². The van der Waals surface area contributed by atoms with E-state index in [1.54, 1.807) is 0 Å². The van der Waals surface area contributed by atoms with Gasteiger partial charge in [-0.3, -0.25) is 0 Å². The highest BCUT2D eigenvalue weighted by molar-refractivity contribution is 5.81. The van der Waals surface area contributed by atoms with Gasteiger partial charge in [-0.15, -0.1) is 0 Å². The molecule has 0 aliphatic carbocycles. The molecule has 0 saturated carbocycles. The highest BCUT2D eigenvalue weighted by Crippen LogP contribution is 2.22. The minimum atomic E-state index is -1.67. The number of esters is 1. The number of hydrogen-bond acceptors (Lipinski definition) is 12. The molecule has 1 fully saturated rings. The molecule has 0 radical (unpaired) electrons. The van der Waals surface area contributed by atoms with Crippen molar-refractivity contribution in [3.05, 3.63) is 12.7 Å². The largest absolute Gasteiger partial charge is 0.462 e. The fourth-order valence-electron chi connectivity index (χ4n) is 2.43. The lowest BCUT2D eigenvalue weighted by atomic mass is 9.99. The molecule has 6 atom stereocenters. The molecule has 1 saturated heterocycles. The lowest BCUT2D eigenvalue weighted by Crippen LogP contribution is -2.60. The van der Waals surface area contributed by atoms with Crippen molar-refractivity contribution < 1.29 is 58.4 Å². The van der Waals surface area contributed by atoms with E-state index in [1.165, 1.54) is 13.2 Å². The first-order valence-corrected chi connectivity index (χ1v) is 9.55. The van der Waals surface area contributed by atoms with Crippen molar-refractivity contribution in [1.29, 1.82) is 0 Å². The highest BCUT2D eigenvalue weighted by atomic mass is 16.7. The summed E-state index contributed by atoms with van der Waals surface area (Å²) in [6.45, 7) is 2.79. The Labute approximate surface area is 179 Å². The van der Waals surface area contributed by atoms with Crippen molar-refractivity contribution in [2.75, 3.05) is 53.4 Å². The zero-order chi connectivity index (χ0) is 23.2. The molecule has 31 heavy (non-hydrogen) atoms. The maximum absolute atomic E-state index is 12.3. The monoisotopic (exact) mass is 453 g/mol. The molecule has 1 heterocycles. The van der Waals surface area contributed by atoms with Crippen LogP contribution in [0.25, 0.3) is 0 Å². The van der Waals surface area contributed by atoms with Crippen LogP contribution in [0, 0.1) is 0 Å². The van der Waals surface area contributed by atoms with Crippen molar-refractivity contribution in [1.82, 2.24) is 5.32 Å². The van der Waals surface area contributed by atoms with Gasteiger partial charge in [0, 0.05) is 7.11 Å². The van der Waals surface area contributed by atoms with Gasteiger partial charge in [0.25, 0.3) is 0 Å². The summed E-state index contributed by atoms with van der Waals surface area (Å²) in [5.41, 5.74) is 0. The van der Waals surface area contributed by atoms with Crippen molar-refractivity contribution in [2.24, 2.45) is 0 Å². The second kappa shape index (κ2) is 15.0. The number of hydrogen-bond donors (Lipinski definition) is 5. The lowest BCUT2D eigenvalue weighted by Gasteiger charge is -2.39. The molecule has 0 bridgehead atoms. The first-order valence-electron chi connectivity index (χ1n) is 9.55. The van der Waals surface area contributed by atoms with Crippen LogP contribution < -0.4 is 5.32 Å². The van der Waals surface area contributed by atoms with Gasteiger partial charge in [0.2, 0.25) is 0 Å². The summed E-state index contributed by atoms with van der Waals surface area (Å²) >= 11 is 0. The Bertz CT molecular complexity index is 546. The molecule has 13 heteroatoms. The van der Waals surface area contributed by atoms with Crippen LogP contribution in [-0.2, 0) is 33.2 Å². The van der Waals surface area contributed by atoms with Gasteiger partial charge in [-0.05, 0) is 0 Å². The minimum absolute atomic E-state index is 0.0936. The zero-order valence-corrected chi connectivity index (χ0v) is 17.3. The number of nitrogens with one attached hydrogen (secondary N) is 1. The number of rotatable bonds is 14. The third-order valence-electron chi connectivity index (χ3n) is 4.09. The predicted octanol–water partition coefficient (Wildman–Crippen LogP) is -2.71. The highest BCUT2D eigenvalue weighted by Gasteiger charge is 2.44. The van der Waals surface area contributed by atoms with E-state index in [0.717, 1.165) is 0 Å². The molecule has 1 aliphatic heterocycles. The van der Waals surface area contributed by atoms with Crippen LogP contribution in [0.4, 0.5) is 4.79 Å². The second-order valence-corrected chi connectivity index (χ2v) is 6.39. The number of carbonyl (C=O) groups excluding carboxylic acids is 2. The Morgan fingerprint density at radius 3 is 2.45 bits per heavy atom. The maximum atomic E-state index is 12.3. The Balaban J connectivity index is 2.65. The SMILES string of the molecule is C=CCOC(=O)N[C@@H](CO[C@@H]1O[C@H](CO)[C@@H](O)[C@H](O)[C@H]1O)C(=O)OCCOCCOC. The Hall–Kier alpha value is -1.84. The molecule has 0 aromatic heterocycles. The Morgan fingerprint density at radius 2 is 1.81 bits per heavy atom. The molecule has 1 amide bonds. The quantitative estimate of drug-likeness (QED) is 0.104. The maximum Gasteiger partial charge on any atom is 0.408 e. The molecule has 180 valence electrons. The van der Waals surface area contributed by atoms with E-state index in [1.807, 2.05) is 0 Å². The fourth-order valence-corrected chi connectivity index (χ4v) is 2.43. The Morgan fingerprint density at radius 1 is 1.10 bits per heavy atom. The van der Waals surface area contributed by atoms with Crippen molar-refractivity contribution >= 4 is 12.1 Å². The van der Waals surface area contributed by atoms with Gasteiger partial charge >= 0.3 is 12.1 Å². The van der Waals surface area contributed by atoms with Crippen molar-refractivity contribution in [2.45, 2.75) is 36.7 Å². The molecule has 0 aromatic carbocycles. The summed E-state index contributed by atoms with van der Waals surface area (Å²) in [5, 5.41) is 41.1. The second-order valence-electron chi connectivity index (χ2n) is 6.39. The third-order valence-corrected chi connectivity index (χ3v) is 4.09. The third kappa shape index (κ3) is 9.45. The number of amides is 1. The van der Waals surface area contributed by atoms with E-state index in [4.69, 9.17) is 28.4 Å². The van der Waals surface area contributed by atoms with Gasteiger partial charge in [-0.25, -0.2) is 9.59 Å². The van der Waals surface area contributed by atoms with Gasteiger partial charge in [-0.1, -0.05) is 12.7 Å². The van der Waals surface area contributed by atoms with Crippen molar-refractivity contribution in [3.63, 3.8) is 0 Å². The number of methoxy groups -OCH3 is 1. The molecule has 0 spiro atoms. The van der Waals surface area contributed by atoms with E-state index in [0.29, 0.717) is 13.2 Å². The average molecular weight is 453 g/mol. The summed E-state index contributed by atoms with van der Waals surface area (Å²) < 4.78 is 30.3. The molecule has 0 aromatic rings. The van der Waals surface area contributed by atoms with Crippen LogP contribution in [-0.4, -0.2) is 123 Å². The van der Waals surface area contributed by atoms with Gasteiger partial charge < -0.3 is 54.2 Å². The molecule has 13 nitrogen and oxygen atoms in total. The molecular weight excluding hydrogens is 422 g/mol. The van der Waals surface area contributed by atoms with E-state index in [9.17, 15) is 30.0 Å². The van der Waals surface area contributed by atoms with E-state index < -0.39 is 62.0 Å². The minimum Gasteiger partial charge on any atom is -0.462 e. The van der Waals surface area contributed by atoms with E-state index >= 15 is 0 Å². The van der Waals surface area contributed by atoms with Crippen LogP contribution in [0.1, 0.15) is 0 Å². The van der Waals surface area contributed by atoms with Gasteiger partial charge in [-0.2, -0.15) is 0 Å². The van der Waals surface area contributed by atoms with Crippen LogP contribution in [0.2, 0.25) is 0 Å². The molecule has 0 unspecified atom stereocenters. The fraction of sp³-hybridized carbons (Fsp3) is 0.778. The van der Waals surface area contributed by atoms with Crippen molar-refractivity contribution in [3.8, 4) is 0 Å². The zero-order valence-electron chi connectivity index (χ0n) is 17.3. The summed E-state index contributed by atoms with van der Waals surface area (Å²) in [5.74, 6) is -0.879. The molecule has 5 N–H and O–H groups in total. The summed E-state index contributed by atoms with van der Waals surface area (Å²) in [6, 6.07) is -1.36. The van der Waals surface area contributed by atoms with Crippen LogP contribution in [0.15, 0.2) is 12.7 Å². The topological polar surface area (TPSA) is 182 Å². The van der Waals surface area contributed by atoms with E-state index in [-0.39, 0.29) is 19.8 Å². The Kier molecular flexibility index (Phi) is 13.2.